The van der Waals surface area contributed by atoms with E-state index in [1.807, 2.05) is 0 Å². The van der Waals surface area contributed by atoms with Crippen molar-refractivity contribution in [1.29, 1.82) is 0 Å². The van der Waals surface area contributed by atoms with Crippen molar-refractivity contribution in [3.05, 3.63) is 206 Å². The highest BCUT2D eigenvalue weighted by Gasteiger charge is 2.36. The Balaban J connectivity index is 1.07. The van der Waals surface area contributed by atoms with Crippen LogP contribution in [0.25, 0.3) is 43.8 Å². The minimum atomic E-state index is -2.14. The van der Waals surface area contributed by atoms with Crippen LogP contribution in [-0.2, 0) is 0 Å². The van der Waals surface area contributed by atoms with Crippen molar-refractivity contribution in [2.75, 3.05) is 9.80 Å². The summed E-state index contributed by atoms with van der Waals surface area (Å²) >= 11 is 0. The van der Waals surface area contributed by atoms with Gasteiger partial charge in [-0.1, -0.05) is 147 Å². The monoisotopic (exact) mass is 720 g/mol. The van der Waals surface area contributed by atoms with Crippen LogP contribution in [0.5, 0.6) is 0 Å². The number of hydrogen-bond donors (Lipinski definition) is 0. The summed E-state index contributed by atoms with van der Waals surface area (Å²) in [5.74, 6) is 0. The van der Waals surface area contributed by atoms with Crippen molar-refractivity contribution in [2.45, 2.75) is 13.1 Å². The molecule has 0 saturated carbocycles. The molecule has 2 nitrogen and oxygen atoms in total. The van der Waals surface area contributed by atoms with Crippen LogP contribution in [-0.4, -0.2) is 8.07 Å². The Bertz CT molecular complexity index is 2790. The first-order valence-electron chi connectivity index (χ1n) is 19.1. The molecule has 262 valence electrons. The van der Waals surface area contributed by atoms with Crippen LogP contribution in [0.3, 0.4) is 0 Å². The maximum Gasteiger partial charge on any atom is 0.113 e. The van der Waals surface area contributed by atoms with E-state index in [9.17, 15) is 0 Å². The summed E-state index contributed by atoms with van der Waals surface area (Å²) < 4.78 is 0. The predicted octanol–water partition coefficient (Wildman–Crippen LogP) is 13.4. The van der Waals surface area contributed by atoms with Crippen molar-refractivity contribution < 1.29 is 0 Å². The summed E-state index contributed by atoms with van der Waals surface area (Å²) in [6.07, 6.45) is 0. The van der Waals surface area contributed by atoms with Gasteiger partial charge < -0.3 is 9.80 Å². The SMILES string of the molecule is C[Si]1(C)c2cc(N(c3ccccc3)c3ccc4ccccc4c3)ccc2-c2ccc(-c3ccc(N(c4ccccc4)c4ccccc4)cc3)c3cccc1c23. The molecule has 55 heavy (non-hydrogen) atoms. The van der Waals surface area contributed by atoms with E-state index in [2.05, 4.69) is 229 Å². The second-order valence-corrected chi connectivity index (χ2v) is 19.3. The van der Waals surface area contributed by atoms with Crippen LogP contribution in [0.2, 0.25) is 13.1 Å². The van der Waals surface area contributed by atoms with Crippen molar-refractivity contribution in [1.82, 2.24) is 0 Å². The zero-order valence-electron chi connectivity index (χ0n) is 31.0. The van der Waals surface area contributed by atoms with Crippen molar-refractivity contribution in [3.8, 4) is 22.3 Å². The molecule has 9 aromatic carbocycles. The van der Waals surface area contributed by atoms with Gasteiger partial charge in [-0.2, -0.15) is 0 Å². The van der Waals surface area contributed by atoms with E-state index in [1.165, 1.54) is 59.9 Å². The quantitative estimate of drug-likeness (QED) is 0.151. The van der Waals surface area contributed by atoms with Crippen LogP contribution >= 0.6 is 0 Å². The highest BCUT2D eigenvalue weighted by atomic mass is 28.3. The molecule has 3 heteroatoms. The average molecular weight is 721 g/mol. The molecule has 0 saturated heterocycles. The second-order valence-electron chi connectivity index (χ2n) is 15.0. The molecule has 0 amide bonds. The third kappa shape index (κ3) is 5.64. The minimum Gasteiger partial charge on any atom is -0.311 e. The van der Waals surface area contributed by atoms with Crippen LogP contribution in [0.1, 0.15) is 0 Å². The van der Waals surface area contributed by atoms with Crippen LogP contribution in [0.4, 0.5) is 34.1 Å². The third-order valence-electron chi connectivity index (χ3n) is 11.4. The molecule has 0 spiro atoms. The largest absolute Gasteiger partial charge is 0.311 e. The van der Waals surface area contributed by atoms with Gasteiger partial charge in [-0.3, -0.25) is 0 Å². The third-order valence-corrected chi connectivity index (χ3v) is 14.9. The van der Waals surface area contributed by atoms with E-state index in [0.717, 1.165) is 28.4 Å². The Morgan fingerprint density at radius 2 is 0.818 bits per heavy atom. The lowest BCUT2D eigenvalue weighted by atomic mass is 9.91. The van der Waals surface area contributed by atoms with Crippen molar-refractivity contribution in [2.24, 2.45) is 0 Å². The number of benzene rings is 9. The van der Waals surface area contributed by atoms with E-state index in [-0.39, 0.29) is 0 Å². The molecule has 1 aliphatic rings. The summed E-state index contributed by atoms with van der Waals surface area (Å²) in [6, 6.07) is 75.4. The Morgan fingerprint density at radius 1 is 0.327 bits per heavy atom. The molecule has 0 bridgehead atoms. The zero-order chi connectivity index (χ0) is 36.9. The van der Waals surface area contributed by atoms with Gasteiger partial charge in [-0.05, 0) is 127 Å². The molecular formula is C52H40N2Si. The normalized spacial score (nSPS) is 12.7. The lowest BCUT2D eigenvalue weighted by Gasteiger charge is -2.35. The highest BCUT2D eigenvalue weighted by Crippen LogP contribution is 2.42. The Kier molecular flexibility index (Phi) is 7.97. The topological polar surface area (TPSA) is 6.48 Å². The Morgan fingerprint density at radius 3 is 1.47 bits per heavy atom. The van der Waals surface area contributed by atoms with E-state index >= 15 is 0 Å². The summed E-state index contributed by atoms with van der Waals surface area (Å²) in [4.78, 5) is 4.73. The summed E-state index contributed by atoms with van der Waals surface area (Å²) in [5, 5.41) is 8.20. The van der Waals surface area contributed by atoms with Gasteiger partial charge in [0.1, 0.15) is 8.07 Å². The fourth-order valence-corrected chi connectivity index (χ4v) is 11.8. The number of rotatable bonds is 7. The molecular weight excluding hydrogens is 681 g/mol. The van der Waals surface area contributed by atoms with Gasteiger partial charge in [0.05, 0.1) is 0 Å². The summed E-state index contributed by atoms with van der Waals surface area (Å²) in [6.45, 7) is 5.05. The molecule has 0 radical (unpaired) electrons. The average Bonchev–Trinajstić information content (AvgIpc) is 3.24. The number of fused-ring (bicyclic) bond motifs is 3. The first-order valence-corrected chi connectivity index (χ1v) is 22.1. The standard InChI is InChI=1S/C52H40N2Si/c1-55(2)50-24-14-23-48-46(38-26-28-43(29-27-38)53(40-17-6-3-7-18-40)41-19-8-4-9-20-41)33-34-49(52(48)50)47-32-31-45(36-51(47)55)54(42-21-10-5-11-22-42)44-30-25-37-15-12-13-16-39(37)35-44/h3-36H,1-2H3. The fourth-order valence-electron chi connectivity index (χ4n) is 8.70. The van der Waals surface area contributed by atoms with E-state index in [4.69, 9.17) is 0 Å². The van der Waals surface area contributed by atoms with Gasteiger partial charge >= 0.3 is 0 Å². The van der Waals surface area contributed by atoms with Crippen LogP contribution in [0.15, 0.2) is 206 Å². The molecule has 0 fully saturated rings. The van der Waals surface area contributed by atoms with Gasteiger partial charge in [-0.25, -0.2) is 0 Å². The van der Waals surface area contributed by atoms with Gasteiger partial charge in [0, 0.05) is 34.1 Å². The van der Waals surface area contributed by atoms with E-state index in [0.29, 0.717) is 0 Å². The van der Waals surface area contributed by atoms with Gasteiger partial charge in [-0.15, -0.1) is 0 Å². The lowest BCUT2D eigenvalue weighted by molar-refractivity contribution is 1.28. The summed E-state index contributed by atoms with van der Waals surface area (Å²) in [7, 11) is -2.14. The number of nitrogens with zero attached hydrogens (tertiary/aromatic N) is 2. The Hall–Kier alpha value is -6.68. The van der Waals surface area contributed by atoms with Crippen LogP contribution < -0.4 is 20.2 Å². The molecule has 0 unspecified atom stereocenters. The zero-order valence-corrected chi connectivity index (χ0v) is 32.0. The molecule has 1 heterocycles. The van der Waals surface area contributed by atoms with E-state index < -0.39 is 8.07 Å². The smallest absolute Gasteiger partial charge is 0.113 e. The highest BCUT2D eigenvalue weighted by molar-refractivity contribution is 7.03. The second kappa shape index (κ2) is 13.3. The first kappa shape index (κ1) is 32.9. The molecule has 0 aliphatic carbocycles. The van der Waals surface area contributed by atoms with Gasteiger partial charge in [0.2, 0.25) is 0 Å². The van der Waals surface area contributed by atoms with Crippen molar-refractivity contribution >= 4 is 74.1 Å². The van der Waals surface area contributed by atoms with Crippen LogP contribution in [0, 0.1) is 0 Å². The molecule has 1 aliphatic heterocycles. The predicted molar refractivity (Wildman–Crippen MR) is 238 cm³/mol. The number of para-hydroxylation sites is 3. The van der Waals surface area contributed by atoms with E-state index in [1.54, 1.807) is 0 Å². The maximum absolute atomic E-state index is 2.53. The molecule has 0 aromatic heterocycles. The fraction of sp³-hybridized carbons (Fsp3) is 0.0385. The molecule has 0 N–H and O–H groups in total. The first-order chi connectivity index (χ1) is 27.0. The van der Waals surface area contributed by atoms with Gasteiger partial charge in [0.25, 0.3) is 0 Å². The number of anilines is 6. The molecule has 0 atom stereocenters. The molecule has 9 aromatic rings. The Labute approximate surface area is 324 Å². The van der Waals surface area contributed by atoms with Gasteiger partial charge in [0.15, 0.2) is 0 Å². The number of hydrogen-bond acceptors (Lipinski definition) is 2. The minimum absolute atomic E-state index is 1.13. The lowest BCUT2D eigenvalue weighted by Crippen LogP contribution is -2.56. The maximum atomic E-state index is 2.53. The van der Waals surface area contributed by atoms with Crippen molar-refractivity contribution in [3.63, 3.8) is 0 Å². The summed E-state index contributed by atoms with van der Waals surface area (Å²) in [5.41, 5.74) is 12.1. The molecule has 10 rings (SSSR count).